The highest BCUT2D eigenvalue weighted by atomic mass is 79.9. The van der Waals surface area contributed by atoms with Crippen LogP contribution in [-0.4, -0.2) is 15.1 Å². The predicted molar refractivity (Wildman–Crippen MR) is 53.9 cm³/mol. The molecule has 1 heterocycles. The maximum absolute atomic E-state index is 10.7. The number of hydrogen-bond acceptors (Lipinski definition) is 4. The number of non-ortho nitro benzene ring substituents is 1. The molecule has 0 bridgehead atoms. The van der Waals surface area contributed by atoms with E-state index in [1.165, 1.54) is 18.5 Å². The van der Waals surface area contributed by atoms with Crippen LogP contribution in [0, 0.1) is 10.1 Å². The zero-order valence-electron chi connectivity index (χ0n) is 6.85. The third kappa shape index (κ3) is 1.33. The Morgan fingerprint density at radius 3 is 2.50 bits per heavy atom. The molecule has 0 radical (unpaired) electrons. The van der Waals surface area contributed by atoms with Crippen molar-refractivity contribution in [1.29, 1.82) is 0 Å². The molecule has 0 fully saturated rings. The smallest absolute Gasteiger partial charge is 0.258 e. The highest BCUT2D eigenvalue weighted by molar-refractivity contribution is 9.10. The molecule has 0 saturated carbocycles. The molecule has 1 aromatic carbocycles. The fourth-order valence-electron chi connectivity index (χ4n) is 1.21. The molecule has 6 heteroatoms. The lowest BCUT2D eigenvalue weighted by Crippen LogP contribution is -1.91. The second-order valence-electron chi connectivity index (χ2n) is 2.64. The lowest BCUT2D eigenvalue weighted by Gasteiger charge is -1.99. The minimum Gasteiger partial charge on any atom is -0.258 e. The van der Waals surface area contributed by atoms with Crippen LogP contribution in [0.2, 0.25) is 0 Å². The molecule has 5 nitrogen and oxygen atoms in total. The van der Waals surface area contributed by atoms with Crippen molar-refractivity contribution < 1.29 is 4.92 Å². The molecular weight excluding hydrogens is 250 g/mol. The largest absolute Gasteiger partial charge is 0.278 e. The first kappa shape index (κ1) is 9.01. The molecule has 0 aliphatic rings. The van der Waals surface area contributed by atoms with Crippen molar-refractivity contribution in [3.63, 3.8) is 0 Å². The van der Waals surface area contributed by atoms with Gasteiger partial charge in [0, 0.05) is 15.9 Å². The molecule has 1 aromatic heterocycles. The van der Waals surface area contributed by atoms with E-state index < -0.39 is 4.92 Å². The van der Waals surface area contributed by atoms with Crippen LogP contribution in [0.1, 0.15) is 0 Å². The number of nitrogens with zero attached hydrogens (tertiary/aromatic N) is 3. The van der Waals surface area contributed by atoms with Gasteiger partial charge in [0.25, 0.3) is 5.69 Å². The van der Waals surface area contributed by atoms with Crippen LogP contribution < -0.4 is 0 Å². The van der Waals surface area contributed by atoms with Crippen molar-refractivity contribution in [2.75, 3.05) is 0 Å². The first-order chi connectivity index (χ1) is 6.70. The lowest BCUT2D eigenvalue weighted by atomic mass is 10.2. The van der Waals surface area contributed by atoms with Gasteiger partial charge in [-0.25, -0.2) is 0 Å². The number of nitro benzene ring substituents is 1. The Labute approximate surface area is 87.0 Å². The molecule has 2 rings (SSSR count). The fraction of sp³-hybridized carbons (Fsp3) is 0. The Morgan fingerprint density at radius 1 is 1.21 bits per heavy atom. The van der Waals surface area contributed by atoms with Gasteiger partial charge < -0.3 is 0 Å². The average Bonchev–Trinajstić information content (AvgIpc) is 2.18. The van der Waals surface area contributed by atoms with Crippen LogP contribution in [0.25, 0.3) is 10.8 Å². The van der Waals surface area contributed by atoms with Gasteiger partial charge in [-0.3, -0.25) is 10.1 Å². The number of fused-ring (bicyclic) bond motifs is 1. The van der Waals surface area contributed by atoms with Crippen LogP contribution in [0.3, 0.4) is 0 Å². The molecule has 0 amide bonds. The van der Waals surface area contributed by atoms with Crippen LogP contribution in [0.15, 0.2) is 29.0 Å². The van der Waals surface area contributed by atoms with Crippen molar-refractivity contribution in [2.45, 2.75) is 0 Å². The Balaban J connectivity index is 2.88. The van der Waals surface area contributed by atoms with Gasteiger partial charge in [-0.1, -0.05) is 15.9 Å². The van der Waals surface area contributed by atoms with Crippen LogP contribution in [0.5, 0.6) is 0 Å². The van der Waals surface area contributed by atoms with E-state index in [0.29, 0.717) is 10.8 Å². The summed E-state index contributed by atoms with van der Waals surface area (Å²) in [6.07, 6.45) is 2.88. The van der Waals surface area contributed by atoms with E-state index in [0.717, 1.165) is 4.47 Å². The van der Waals surface area contributed by atoms with Gasteiger partial charge in [-0.05, 0) is 6.07 Å². The topological polar surface area (TPSA) is 68.9 Å². The van der Waals surface area contributed by atoms with Gasteiger partial charge in [-0.15, -0.1) is 0 Å². The van der Waals surface area contributed by atoms with Crippen LogP contribution >= 0.6 is 15.9 Å². The lowest BCUT2D eigenvalue weighted by molar-refractivity contribution is -0.383. The zero-order chi connectivity index (χ0) is 10.1. The van der Waals surface area contributed by atoms with E-state index in [4.69, 9.17) is 0 Å². The Kier molecular flexibility index (Phi) is 2.12. The third-order valence-electron chi connectivity index (χ3n) is 1.85. The number of halogens is 1. The summed E-state index contributed by atoms with van der Waals surface area (Å²) in [7, 11) is 0. The van der Waals surface area contributed by atoms with E-state index in [2.05, 4.69) is 26.1 Å². The first-order valence-electron chi connectivity index (χ1n) is 3.73. The zero-order valence-corrected chi connectivity index (χ0v) is 8.43. The van der Waals surface area contributed by atoms with Gasteiger partial charge in [0.2, 0.25) is 0 Å². The summed E-state index contributed by atoms with van der Waals surface area (Å²) in [5.41, 5.74) is 0.0399. The number of hydrogen-bond donors (Lipinski definition) is 0. The summed E-state index contributed by atoms with van der Waals surface area (Å²) in [5.74, 6) is 0. The average molecular weight is 254 g/mol. The van der Waals surface area contributed by atoms with E-state index in [1.807, 2.05) is 0 Å². The van der Waals surface area contributed by atoms with Gasteiger partial charge >= 0.3 is 0 Å². The number of benzene rings is 1. The molecule has 2 aromatic rings. The molecule has 0 unspecified atom stereocenters. The SMILES string of the molecule is O=[N+]([O-])c1ccc(Br)c2cnncc12. The molecule has 70 valence electrons. The predicted octanol–water partition coefficient (Wildman–Crippen LogP) is 2.30. The van der Waals surface area contributed by atoms with Gasteiger partial charge in [-0.2, -0.15) is 10.2 Å². The molecule has 0 N–H and O–H groups in total. The van der Waals surface area contributed by atoms with Gasteiger partial charge in [0.1, 0.15) is 0 Å². The van der Waals surface area contributed by atoms with Crippen molar-refractivity contribution in [1.82, 2.24) is 10.2 Å². The van der Waals surface area contributed by atoms with Crippen molar-refractivity contribution in [2.24, 2.45) is 0 Å². The van der Waals surface area contributed by atoms with Crippen molar-refractivity contribution in [3.8, 4) is 0 Å². The highest BCUT2D eigenvalue weighted by Gasteiger charge is 2.13. The van der Waals surface area contributed by atoms with Crippen molar-refractivity contribution >= 4 is 32.4 Å². The van der Waals surface area contributed by atoms with E-state index in [9.17, 15) is 10.1 Å². The van der Waals surface area contributed by atoms with Crippen molar-refractivity contribution in [3.05, 3.63) is 39.1 Å². The van der Waals surface area contributed by atoms with E-state index in [1.54, 1.807) is 6.07 Å². The standard InChI is InChI=1S/C8H4BrN3O2/c9-7-1-2-8(12(13)14)6-4-11-10-3-5(6)7/h1-4H. The summed E-state index contributed by atoms with van der Waals surface area (Å²) in [5, 5.41) is 19.1. The summed E-state index contributed by atoms with van der Waals surface area (Å²) in [6, 6.07) is 3.07. The molecule has 0 saturated heterocycles. The maximum Gasteiger partial charge on any atom is 0.278 e. The Hall–Kier alpha value is -1.56. The third-order valence-corrected chi connectivity index (χ3v) is 2.54. The Bertz CT molecular complexity index is 515. The van der Waals surface area contributed by atoms with Gasteiger partial charge in [0.05, 0.1) is 22.7 Å². The summed E-state index contributed by atoms with van der Waals surface area (Å²) < 4.78 is 0.771. The number of rotatable bonds is 1. The molecule has 0 aliphatic carbocycles. The minimum absolute atomic E-state index is 0.0399. The molecule has 0 spiro atoms. The molecule has 14 heavy (non-hydrogen) atoms. The summed E-state index contributed by atoms with van der Waals surface area (Å²) in [6.45, 7) is 0. The first-order valence-corrected chi connectivity index (χ1v) is 4.53. The summed E-state index contributed by atoms with van der Waals surface area (Å²) in [4.78, 5) is 10.2. The van der Waals surface area contributed by atoms with Gasteiger partial charge in [0.15, 0.2) is 0 Å². The number of aromatic nitrogens is 2. The highest BCUT2D eigenvalue weighted by Crippen LogP contribution is 2.29. The van der Waals surface area contributed by atoms with Crippen LogP contribution in [-0.2, 0) is 0 Å². The minimum atomic E-state index is -0.434. The molecular formula is C8H4BrN3O2. The monoisotopic (exact) mass is 253 g/mol. The quantitative estimate of drug-likeness (QED) is 0.578. The van der Waals surface area contributed by atoms with Crippen LogP contribution in [0.4, 0.5) is 5.69 Å². The van der Waals surface area contributed by atoms with E-state index >= 15 is 0 Å². The molecule has 0 atom stereocenters. The second kappa shape index (κ2) is 3.30. The second-order valence-corrected chi connectivity index (χ2v) is 3.49. The van der Waals surface area contributed by atoms with E-state index in [-0.39, 0.29) is 5.69 Å². The normalized spacial score (nSPS) is 10.4. The Morgan fingerprint density at radius 2 is 1.86 bits per heavy atom. The molecule has 0 aliphatic heterocycles. The fourth-order valence-corrected chi connectivity index (χ4v) is 1.65. The number of nitro groups is 1. The maximum atomic E-state index is 10.7. The summed E-state index contributed by atoms with van der Waals surface area (Å²) >= 11 is 3.29.